The molecule has 0 fully saturated rings. The average molecular weight is 312 g/mol. The summed E-state index contributed by atoms with van der Waals surface area (Å²) in [5, 5.41) is 8.58. The Balaban J connectivity index is 2.42. The van der Waals surface area contributed by atoms with E-state index in [1.807, 2.05) is 6.07 Å². The zero-order valence-electron chi connectivity index (χ0n) is 9.70. The van der Waals surface area contributed by atoms with Gasteiger partial charge in [-0.15, -0.1) is 11.3 Å². The van der Waals surface area contributed by atoms with Gasteiger partial charge in [0.1, 0.15) is 15.2 Å². The number of halogens is 3. The number of thiophene rings is 1. The molecule has 0 aliphatic carbocycles. The summed E-state index contributed by atoms with van der Waals surface area (Å²) in [5.41, 5.74) is 0. The number of hydrogen-bond donors (Lipinski definition) is 1. The normalized spacial score (nSPS) is 12.3. The molecule has 0 atom stereocenters. The van der Waals surface area contributed by atoms with Gasteiger partial charge in [-0.25, -0.2) is 13.1 Å². The molecule has 9 heteroatoms. The molecule has 1 aromatic heterocycles. The molecule has 4 nitrogen and oxygen atoms in total. The molecular formula is C10H11F3N2O2S2. The number of hydrogen-bond acceptors (Lipinski definition) is 4. The van der Waals surface area contributed by atoms with E-state index in [9.17, 15) is 21.6 Å². The first kappa shape index (κ1) is 15.9. The highest BCUT2D eigenvalue weighted by molar-refractivity contribution is 7.91. The number of unbranched alkanes of at least 4 members (excludes halogenated alkanes) is 1. The van der Waals surface area contributed by atoms with Crippen LogP contribution in [0.25, 0.3) is 0 Å². The van der Waals surface area contributed by atoms with E-state index in [0.717, 1.165) is 11.3 Å². The van der Waals surface area contributed by atoms with Crippen LogP contribution < -0.4 is 4.72 Å². The van der Waals surface area contributed by atoms with Crippen molar-refractivity contribution in [2.24, 2.45) is 0 Å². The molecule has 0 aromatic carbocycles. The van der Waals surface area contributed by atoms with Crippen molar-refractivity contribution in [1.82, 2.24) is 4.72 Å². The smallest absolute Gasteiger partial charge is 0.210 e. The Labute approximate surface area is 112 Å². The maximum atomic E-state index is 11.9. The number of alkyl halides is 3. The molecule has 0 unspecified atom stereocenters. The summed E-state index contributed by atoms with van der Waals surface area (Å²) in [6.45, 7) is -0.0573. The van der Waals surface area contributed by atoms with Crippen LogP contribution >= 0.6 is 11.3 Å². The Bertz CT molecular complexity index is 558. The van der Waals surface area contributed by atoms with Gasteiger partial charge in [-0.3, -0.25) is 0 Å². The van der Waals surface area contributed by atoms with E-state index in [-0.39, 0.29) is 28.5 Å². The van der Waals surface area contributed by atoms with E-state index < -0.39 is 22.6 Å². The highest BCUT2D eigenvalue weighted by Gasteiger charge is 2.26. The minimum Gasteiger partial charge on any atom is -0.210 e. The van der Waals surface area contributed by atoms with Gasteiger partial charge >= 0.3 is 6.18 Å². The molecule has 106 valence electrons. The summed E-state index contributed by atoms with van der Waals surface area (Å²) in [7, 11) is -3.73. The molecule has 19 heavy (non-hydrogen) atoms. The van der Waals surface area contributed by atoms with Gasteiger partial charge < -0.3 is 0 Å². The van der Waals surface area contributed by atoms with Crippen LogP contribution in [0.15, 0.2) is 16.3 Å². The molecular weight excluding hydrogens is 301 g/mol. The van der Waals surface area contributed by atoms with Crippen LogP contribution in [-0.2, 0) is 10.0 Å². The fourth-order valence-corrected chi connectivity index (χ4v) is 3.47. The zero-order valence-corrected chi connectivity index (χ0v) is 11.3. The molecule has 0 bridgehead atoms. The zero-order chi connectivity index (χ0) is 14.5. The van der Waals surface area contributed by atoms with E-state index in [1.165, 1.54) is 12.1 Å². The van der Waals surface area contributed by atoms with E-state index in [0.29, 0.717) is 0 Å². The molecule has 0 aliphatic rings. The van der Waals surface area contributed by atoms with Crippen LogP contribution in [-0.4, -0.2) is 21.1 Å². The monoisotopic (exact) mass is 312 g/mol. The summed E-state index contributed by atoms with van der Waals surface area (Å²) < 4.78 is 61.1. The van der Waals surface area contributed by atoms with Crippen LogP contribution in [0.2, 0.25) is 0 Å². The van der Waals surface area contributed by atoms with Crippen molar-refractivity contribution in [3.05, 3.63) is 17.0 Å². The van der Waals surface area contributed by atoms with Crippen molar-refractivity contribution < 1.29 is 21.6 Å². The highest BCUT2D eigenvalue weighted by atomic mass is 32.2. The SMILES string of the molecule is N#Cc1ccc(S(=O)(=O)NCCCCC(F)(F)F)s1. The molecule has 1 rings (SSSR count). The highest BCUT2D eigenvalue weighted by Crippen LogP contribution is 2.22. The minimum absolute atomic E-state index is 0.0140. The predicted octanol–water partition coefficient (Wildman–Crippen LogP) is 2.63. The lowest BCUT2D eigenvalue weighted by molar-refractivity contribution is -0.135. The summed E-state index contributed by atoms with van der Waals surface area (Å²) in [4.78, 5) is 0.262. The van der Waals surface area contributed by atoms with E-state index in [2.05, 4.69) is 4.72 Å². The quantitative estimate of drug-likeness (QED) is 0.821. The van der Waals surface area contributed by atoms with Crippen LogP contribution in [0.1, 0.15) is 24.1 Å². The number of nitriles is 1. The second kappa shape index (κ2) is 6.36. The molecule has 0 saturated carbocycles. The number of nitrogens with one attached hydrogen (secondary N) is 1. The van der Waals surface area contributed by atoms with Crippen molar-refractivity contribution in [3.8, 4) is 6.07 Å². The first-order valence-electron chi connectivity index (χ1n) is 5.31. The number of rotatable bonds is 6. The fraction of sp³-hybridized carbons (Fsp3) is 0.500. The molecule has 0 spiro atoms. The Morgan fingerprint density at radius 2 is 2.00 bits per heavy atom. The van der Waals surface area contributed by atoms with Gasteiger partial charge in [0.25, 0.3) is 0 Å². The van der Waals surface area contributed by atoms with Gasteiger partial charge in [-0.05, 0) is 25.0 Å². The van der Waals surface area contributed by atoms with E-state index >= 15 is 0 Å². The minimum atomic E-state index is -4.21. The second-order valence-corrected chi connectivity index (χ2v) is 6.78. The maximum Gasteiger partial charge on any atom is 0.389 e. The van der Waals surface area contributed by atoms with Crippen molar-refractivity contribution in [2.45, 2.75) is 29.6 Å². The standard InChI is InChI=1S/C10H11F3N2O2S2/c11-10(12,13)5-1-2-6-15-19(16,17)9-4-3-8(7-14)18-9/h3-4,15H,1-2,5-6H2. The fourth-order valence-electron chi connectivity index (χ4n) is 1.25. The molecule has 1 heterocycles. The van der Waals surface area contributed by atoms with Gasteiger partial charge in [-0.1, -0.05) is 0 Å². The largest absolute Gasteiger partial charge is 0.389 e. The lowest BCUT2D eigenvalue weighted by Crippen LogP contribution is -2.24. The molecule has 1 N–H and O–H groups in total. The third-order valence-corrected chi connectivity index (χ3v) is 5.08. The van der Waals surface area contributed by atoms with Gasteiger partial charge in [0.2, 0.25) is 10.0 Å². The Morgan fingerprint density at radius 3 is 2.53 bits per heavy atom. The lowest BCUT2D eigenvalue weighted by atomic mass is 10.2. The molecule has 1 aromatic rings. The van der Waals surface area contributed by atoms with Crippen molar-refractivity contribution in [1.29, 1.82) is 5.26 Å². The van der Waals surface area contributed by atoms with Gasteiger partial charge in [0.15, 0.2) is 0 Å². The third-order valence-electron chi connectivity index (χ3n) is 2.14. The third kappa shape index (κ3) is 5.59. The number of sulfonamides is 1. The van der Waals surface area contributed by atoms with E-state index in [4.69, 9.17) is 5.26 Å². The van der Waals surface area contributed by atoms with Crippen LogP contribution in [0.3, 0.4) is 0 Å². The van der Waals surface area contributed by atoms with E-state index in [1.54, 1.807) is 0 Å². The van der Waals surface area contributed by atoms with Gasteiger partial charge in [0.05, 0.1) is 0 Å². The van der Waals surface area contributed by atoms with Gasteiger partial charge in [0, 0.05) is 13.0 Å². The summed E-state index contributed by atoms with van der Waals surface area (Å²) in [6, 6.07) is 4.48. The van der Waals surface area contributed by atoms with Crippen LogP contribution in [0, 0.1) is 11.3 Å². The molecule has 0 aliphatic heterocycles. The Hall–Kier alpha value is -1.11. The van der Waals surface area contributed by atoms with Crippen molar-refractivity contribution in [2.75, 3.05) is 6.54 Å². The van der Waals surface area contributed by atoms with Crippen LogP contribution in [0.4, 0.5) is 13.2 Å². The van der Waals surface area contributed by atoms with Crippen molar-refractivity contribution >= 4 is 21.4 Å². The average Bonchev–Trinajstić information content (AvgIpc) is 2.76. The first-order chi connectivity index (χ1) is 8.74. The predicted molar refractivity (Wildman–Crippen MR) is 64.1 cm³/mol. The molecule has 0 amide bonds. The number of nitrogens with zero attached hydrogens (tertiary/aromatic N) is 1. The summed E-state index contributed by atoms with van der Waals surface area (Å²) in [5.74, 6) is 0. The Morgan fingerprint density at radius 1 is 1.32 bits per heavy atom. The first-order valence-corrected chi connectivity index (χ1v) is 7.61. The molecule has 0 radical (unpaired) electrons. The van der Waals surface area contributed by atoms with Crippen LogP contribution in [0.5, 0.6) is 0 Å². The Kier molecular flexibility index (Phi) is 5.34. The van der Waals surface area contributed by atoms with Crippen molar-refractivity contribution in [3.63, 3.8) is 0 Å². The summed E-state index contributed by atoms with van der Waals surface area (Å²) >= 11 is 0.816. The second-order valence-electron chi connectivity index (χ2n) is 3.70. The molecule has 0 saturated heterocycles. The summed E-state index contributed by atoms with van der Waals surface area (Å²) in [6.07, 6.45) is -5.16. The lowest BCUT2D eigenvalue weighted by Gasteiger charge is -2.06. The topological polar surface area (TPSA) is 70.0 Å². The van der Waals surface area contributed by atoms with Gasteiger partial charge in [-0.2, -0.15) is 18.4 Å². The maximum absolute atomic E-state index is 11.9.